The Morgan fingerprint density at radius 3 is 2.12 bits per heavy atom. The van der Waals surface area contributed by atoms with Gasteiger partial charge >= 0.3 is 0 Å². The number of amides is 1. The largest absolute Gasteiger partial charge is 0.348 e. The first-order chi connectivity index (χ1) is 12.1. The van der Waals surface area contributed by atoms with Crippen molar-refractivity contribution in [2.45, 2.75) is 25.9 Å². The van der Waals surface area contributed by atoms with Crippen molar-refractivity contribution >= 4 is 33.2 Å². The van der Waals surface area contributed by atoms with Gasteiger partial charge in [0.2, 0.25) is 15.9 Å². The van der Waals surface area contributed by atoms with Crippen molar-refractivity contribution < 1.29 is 17.6 Å². The number of rotatable bonds is 6. The molecule has 0 aromatic heterocycles. The van der Waals surface area contributed by atoms with Gasteiger partial charge in [0, 0.05) is 5.02 Å². The molecule has 2 rings (SSSR count). The lowest BCUT2D eigenvalue weighted by Crippen LogP contribution is -2.48. The molecule has 2 aromatic carbocycles. The maximum Gasteiger partial charge on any atom is 0.244 e. The number of carbonyl (C=O) groups excluding carboxylic acids is 1. The summed E-state index contributed by atoms with van der Waals surface area (Å²) in [6.45, 7) is 3.24. The van der Waals surface area contributed by atoms with Crippen LogP contribution < -0.4 is 9.62 Å². The second-order valence-corrected chi connectivity index (χ2v) is 8.29. The molecule has 2 atom stereocenters. The summed E-state index contributed by atoms with van der Waals surface area (Å²) >= 11 is 5.85. The maximum absolute atomic E-state index is 13.0. The Kier molecular flexibility index (Phi) is 6.26. The smallest absolute Gasteiger partial charge is 0.244 e. The highest BCUT2D eigenvalue weighted by atomic mass is 35.5. The van der Waals surface area contributed by atoms with Crippen molar-refractivity contribution in [1.82, 2.24) is 5.32 Å². The minimum atomic E-state index is -3.70. The number of halogens is 2. The Bertz CT molecular complexity index is 870. The van der Waals surface area contributed by atoms with Crippen LogP contribution in [-0.2, 0) is 14.8 Å². The SMILES string of the molecule is C[C@H](NC(=O)[C@@H](C)N(c1ccc(Cl)cc1)S(C)(=O)=O)c1ccc(F)cc1. The average Bonchev–Trinajstić information content (AvgIpc) is 2.56. The van der Waals surface area contributed by atoms with Gasteiger partial charge < -0.3 is 5.32 Å². The van der Waals surface area contributed by atoms with Gasteiger partial charge in [0.1, 0.15) is 11.9 Å². The summed E-state index contributed by atoms with van der Waals surface area (Å²) in [5.74, 6) is -0.839. The van der Waals surface area contributed by atoms with E-state index >= 15 is 0 Å². The summed E-state index contributed by atoms with van der Waals surface area (Å²) in [5.41, 5.74) is 1.05. The molecule has 2 aromatic rings. The molecule has 140 valence electrons. The number of nitrogens with one attached hydrogen (secondary N) is 1. The molecule has 5 nitrogen and oxygen atoms in total. The lowest BCUT2D eigenvalue weighted by Gasteiger charge is -2.29. The average molecular weight is 399 g/mol. The summed E-state index contributed by atoms with van der Waals surface area (Å²) in [5, 5.41) is 3.22. The van der Waals surface area contributed by atoms with Crippen LogP contribution in [0, 0.1) is 5.82 Å². The first-order valence-corrected chi connectivity index (χ1v) is 10.1. The van der Waals surface area contributed by atoms with Crippen molar-refractivity contribution in [1.29, 1.82) is 0 Å². The lowest BCUT2D eigenvalue weighted by molar-refractivity contribution is -0.122. The molecule has 0 saturated carbocycles. The van der Waals surface area contributed by atoms with E-state index in [0.29, 0.717) is 16.3 Å². The highest BCUT2D eigenvalue weighted by molar-refractivity contribution is 7.92. The van der Waals surface area contributed by atoms with Crippen LogP contribution in [0.3, 0.4) is 0 Å². The molecule has 8 heteroatoms. The molecule has 0 radical (unpaired) electrons. The molecule has 0 saturated heterocycles. The normalized spacial score (nSPS) is 13.7. The number of benzene rings is 2. The molecule has 0 unspecified atom stereocenters. The van der Waals surface area contributed by atoms with Gasteiger partial charge in [-0.1, -0.05) is 23.7 Å². The van der Waals surface area contributed by atoms with Crippen molar-refractivity contribution in [2.24, 2.45) is 0 Å². The van der Waals surface area contributed by atoms with Gasteiger partial charge in [-0.2, -0.15) is 0 Å². The summed E-state index contributed by atoms with van der Waals surface area (Å²) in [6.07, 6.45) is 1.04. The van der Waals surface area contributed by atoms with E-state index in [4.69, 9.17) is 11.6 Å². The maximum atomic E-state index is 13.0. The molecular weight excluding hydrogens is 379 g/mol. The Morgan fingerprint density at radius 1 is 1.08 bits per heavy atom. The number of carbonyl (C=O) groups is 1. The van der Waals surface area contributed by atoms with E-state index in [0.717, 1.165) is 10.6 Å². The molecule has 1 amide bonds. The van der Waals surface area contributed by atoms with E-state index in [9.17, 15) is 17.6 Å². The molecule has 0 aliphatic carbocycles. The highest BCUT2D eigenvalue weighted by Gasteiger charge is 2.29. The van der Waals surface area contributed by atoms with Gasteiger partial charge in [0.25, 0.3) is 0 Å². The monoisotopic (exact) mass is 398 g/mol. The third-order valence-corrected chi connectivity index (χ3v) is 5.39. The first kappa shape index (κ1) is 20.2. The number of nitrogens with zero attached hydrogens (tertiary/aromatic N) is 1. The minimum Gasteiger partial charge on any atom is -0.348 e. The van der Waals surface area contributed by atoms with Gasteiger partial charge in [0.05, 0.1) is 18.0 Å². The second kappa shape index (κ2) is 8.05. The van der Waals surface area contributed by atoms with E-state index in [1.54, 1.807) is 31.2 Å². The van der Waals surface area contributed by atoms with Crippen LogP contribution in [0.15, 0.2) is 48.5 Å². The third-order valence-electron chi connectivity index (χ3n) is 3.90. The van der Waals surface area contributed by atoms with Crippen molar-refractivity contribution in [3.05, 3.63) is 64.9 Å². The molecule has 0 fully saturated rings. The number of hydrogen-bond donors (Lipinski definition) is 1. The zero-order chi connectivity index (χ0) is 19.5. The van der Waals surface area contributed by atoms with Crippen molar-refractivity contribution in [3.8, 4) is 0 Å². The molecular formula is C18H20ClFN2O3S. The molecule has 0 aliphatic heterocycles. The lowest BCUT2D eigenvalue weighted by atomic mass is 10.1. The summed E-state index contributed by atoms with van der Waals surface area (Å²) in [4.78, 5) is 12.6. The number of hydrogen-bond acceptors (Lipinski definition) is 3. The molecule has 26 heavy (non-hydrogen) atoms. The fourth-order valence-electron chi connectivity index (χ4n) is 2.57. The fourth-order valence-corrected chi connectivity index (χ4v) is 3.87. The number of anilines is 1. The Labute approximate surface area is 157 Å². The Hall–Kier alpha value is -2.12. The van der Waals surface area contributed by atoms with Gasteiger partial charge in [0.15, 0.2) is 0 Å². The van der Waals surface area contributed by atoms with Crippen LogP contribution in [0.4, 0.5) is 10.1 Å². The predicted molar refractivity (Wildman–Crippen MR) is 101 cm³/mol. The van der Waals surface area contributed by atoms with Crippen LogP contribution in [0.2, 0.25) is 5.02 Å². The van der Waals surface area contributed by atoms with Gasteiger partial charge in [-0.3, -0.25) is 9.10 Å². The first-order valence-electron chi connectivity index (χ1n) is 7.90. The van der Waals surface area contributed by atoms with Gasteiger partial charge in [-0.05, 0) is 55.8 Å². The predicted octanol–water partition coefficient (Wildman–Crippen LogP) is 3.51. The Morgan fingerprint density at radius 2 is 1.62 bits per heavy atom. The quantitative estimate of drug-likeness (QED) is 0.809. The summed E-state index contributed by atoms with van der Waals surface area (Å²) in [6, 6.07) is 10.5. The molecule has 0 aliphatic rings. The minimum absolute atomic E-state index is 0.342. The van der Waals surface area contributed by atoms with E-state index in [1.807, 2.05) is 0 Å². The van der Waals surface area contributed by atoms with E-state index < -0.39 is 28.0 Å². The van der Waals surface area contributed by atoms with E-state index in [1.165, 1.54) is 31.2 Å². The second-order valence-electron chi connectivity index (χ2n) is 5.99. The Balaban J connectivity index is 2.22. The van der Waals surface area contributed by atoms with Crippen LogP contribution in [-0.4, -0.2) is 26.6 Å². The van der Waals surface area contributed by atoms with E-state index in [-0.39, 0.29) is 5.82 Å². The molecule has 0 bridgehead atoms. The van der Waals surface area contributed by atoms with Crippen molar-refractivity contribution in [2.75, 3.05) is 10.6 Å². The van der Waals surface area contributed by atoms with Gasteiger partial charge in [-0.15, -0.1) is 0 Å². The summed E-state index contributed by atoms with van der Waals surface area (Å²) < 4.78 is 38.5. The standard InChI is InChI=1S/C18H20ClFN2O3S/c1-12(14-4-8-16(20)9-5-14)21-18(23)13(2)22(26(3,24)25)17-10-6-15(19)7-11-17/h4-13H,1-3H3,(H,21,23)/t12-,13+/m0/s1. The fraction of sp³-hybridized carbons (Fsp3) is 0.278. The van der Waals surface area contributed by atoms with Crippen LogP contribution in [0.25, 0.3) is 0 Å². The van der Waals surface area contributed by atoms with Gasteiger partial charge in [-0.25, -0.2) is 12.8 Å². The van der Waals surface area contributed by atoms with Crippen LogP contribution >= 0.6 is 11.6 Å². The van der Waals surface area contributed by atoms with Crippen LogP contribution in [0.5, 0.6) is 0 Å². The number of sulfonamides is 1. The van der Waals surface area contributed by atoms with Crippen LogP contribution in [0.1, 0.15) is 25.5 Å². The highest BCUT2D eigenvalue weighted by Crippen LogP contribution is 2.23. The van der Waals surface area contributed by atoms with Crippen molar-refractivity contribution in [3.63, 3.8) is 0 Å². The zero-order valence-electron chi connectivity index (χ0n) is 14.6. The molecule has 0 spiro atoms. The molecule has 0 heterocycles. The van der Waals surface area contributed by atoms with E-state index in [2.05, 4.69) is 5.32 Å². The third kappa shape index (κ3) is 4.95. The zero-order valence-corrected chi connectivity index (χ0v) is 16.2. The summed E-state index contributed by atoms with van der Waals surface area (Å²) in [7, 11) is -3.70. The molecule has 1 N–H and O–H groups in total. The topological polar surface area (TPSA) is 66.5 Å².